The van der Waals surface area contributed by atoms with E-state index in [0.717, 1.165) is 64.2 Å². The second kappa shape index (κ2) is 48.4. The average Bonchev–Trinajstić information content (AvgIpc) is 3.24. The number of allylic oxidation sites excluding steroid dienone is 4. The minimum atomic E-state index is -0.784. The van der Waals surface area contributed by atoms with E-state index < -0.39 is 18.2 Å². The van der Waals surface area contributed by atoms with Crippen molar-refractivity contribution in [2.45, 2.75) is 302 Å². The van der Waals surface area contributed by atoms with Crippen molar-refractivity contribution in [3.05, 3.63) is 24.3 Å². The smallest absolute Gasteiger partial charge is 0.306 e. The first-order valence-electron chi connectivity index (χ1n) is 26.6. The number of aliphatic hydroxyl groups is 2. The fourth-order valence-electron chi connectivity index (χ4n) is 8.29. The van der Waals surface area contributed by atoms with E-state index in [4.69, 9.17) is 4.74 Å². The highest BCUT2D eigenvalue weighted by molar-refractivity contribution is 5.77. The maximum Gasteiger partial charge on any atom is 0.306 e. The highest BCUT2D eigenvalue weighted by atomic mass is 16.5. The number of carbonyl (C=O) groups is 2. The molecule has 3 N–H and O–H groups in total. The first kappa shape index (κ1) is 58.3. The van der Waals surface area contributed by atoms with Gasteiger partial charge in [0.1, 0.15) is 6.10 Å². The summed E-state index contributed by atoms with van der Waals surface area (Å²) >= 11 is 0. The summed E-state index contributed by atoms with van der Waals surface area (Å²) < 4.78 is 5.94. The quantitative estimate of drug-likeness (QED) is 0.0322. The normalized spacial score (nSPS) is 13.3. The lowest BCUT2D eigenvalue weighted by atomic mass is 10.0. The Labute approximate surface area is 373 Å². The molecule has 0 radical (unpaired) electrons. The standard InChI is InChI=1S/C54H103NO5/c1-4-7-10-13-16-19-22-25-28-30-33-36-39-42-45-50(60-54(59)47-44-41-38-35-32-29-26-23-20-17-14-11-8-5-2)48-53(58)55-51(49-56)52(57)46-43-40-37-34-31-27-24-21-18-15-12-9-6-3/h8,11,17,20,50-52,56-57H,4-7,9-10,12-16,18-19,21-49H2,1-3H3,(H,55,58)/b11-8+,20-17+. The van der Waals surface area contributed by atoms with Gasteiger partial charge in [0.15, 0.2) is 0 Å². The second-order valence-electron chi connectivity index (χ2n) is 18.3. The van der Waals surface area contributed by atoms with Gasteiger partial charge in [-0.2, -0.15) is 0 Å². The molecule has 0 aromatic rings. The molecule has 1 amide bonds. The minimum Gasteiger partial charge on any atom is -0.462 e. The summed E-state index contributed by atoms with van der Waals surface area (Å²) in [5, 5.41) is 23.8. The molecule has 0 rings (SSSR count). The Morgan fingerprint density at radius 3 is 1.35 bits per heavy atom. The summed E-state index contributed by atoms with van der Waals surface area (Å²) in [6.07, 6.45) is 55.2. The molecule has 0 fully saturated rings. The molecule has 60 heavy (non-hydrogen) atoms. The largest absolute Gasteiger partial charge is 0.462 e. The van der Waals surface area contributed by atoms with Crippen LogP contribution in [0.15, 0.2) is 24.3 Å². The third-order valence-electron chi connectivity index (χ3n) is 12.3. The third kappa shape index (κ3) is 43.0. The molecule has 0 saturated heterocycles. The molecular weight excluding hydrogens is 743 g/mol. The van der Waals surface area contributed by atoms with E-state index in [9.17, 15) is 19.8 Å². The number of amides is 1. The van der Waals surface area contributed by atoms with Crippen LogP contribution < -0.4 is 5.32 Å². The summed E-state index contributed by atoms with van der Waals surface area (Å²) in [7, 11) is 0. The number of hydrogen-bond acceptors (Lipinski definition) is 5. The van der Waals surface area contributed by atoms with E-state index in [-0.39, 0.29) is 24.9 Å². The number of nitrogens with one attached hydrogen (secondary N) is 1. The highest BCUT2D eigenvalue weighted by Gasteiger charge is 2.24. The molecule has 6 heteroatoms. The van der Waals surface area contributed by atoms with Crippen LogP contribution in [-0.4, -0.2) is 46.9 Å². The lowest BCUT2D eigenvalue weighted by Gasteiger charge is -2.24. The van der Waals surface area contributed by atoms with Crippen LogP contribution in [0.3, 0.4) is 0 Å². The van der Waals surface area contributed by atoms with Crippen molar-refractivity contribution in [1.29, 1.82) is 0 Å². The van der Waals surface area contributed by atoms with Crippen LogP contribution in [0.4, 0.5) is 0 Å². The maximum absolute atomic E-state index is 13.2. The fourth-order valence-corrected chi connectivity index (χ4v) is 8.29. The number of ether oxygens (including phenoxy) is 1. The maximum atomic E-state index is 13.2. The summed E-state index contributed by atoms with van der Waals surface area (Å²) in [5.41, 5.74) is 0. The van der Waals surface area contributed by atoms with Crippen LogP contribution in [0.1, 0.15) is 284 Å². The second-order valence-corrected chi connectivity index (χ2v) is 18.3. The van der Waals surface area contributed by atoms with Crippen molar-refractivity contribution in [2.24, 2.45) is 0 Å². The van der Waals surface area contributed by atoms with Gasteiger partial charge >= 0.3 is 5.97 Å². The van der Waals surface area contributed by atoms with Gasteiger partial charge in [-0.3, -0.25) is 9.59 Å². The lowest BCUT2D eigenvalue weighted by molar-refractivity contribution is -0.151. The predicted octanol–water partition coefficient (Wildman–Crippen LogP) is 15.9. The van der Waals surface area contributed by atoms with Gasteiger partial charge in [0, 0.05) is 6.42 Å². The van der Waals surface area contributed by atoms with Crippen LogP contribution in [0.5, 0.6) is 0 Å². The SMILES string of the molecule is CC/C=C/C/C=C/CCCCCCCCCC(=O)OC(CCCCCCCCCCCCCCCC)CC(=O)NC(CO)C(O)CCCCCCCCCCCCCCC. The van der Waals surface area contributed by atoms with Crippen LogP contribution in [0.2, 0.25) is 0 Å². The summed E-state index contributed by atoms with van der Waals surface area (Å²) in [6.45, 7) is 6.40. The van der Waals surface area contributed by atoms with E-state index in [0.29, 0.717) is 19.3 Å². The number of esters is 1. The van der Waals surface area contributed by atoms with Crippen LogP contribution in [0, 0.1) is 0 Å². The van der Waals surface area contributed by atoms with Gasteiger partial charge in [0.05, 0.1) is 25.2 Å². The van der Waals surface area contributed by atoms with Crippen molar-refractivity contribution in [3.63, 3.8) is 0 Å². The Bertz CT molecular complexity index is 950. The van der Waals surface area contributed by atoms with E-state index in [1.165, 1.54) is 173 Å². The van der Waals surface area contributed by atoms with Gasteiger partial charge in [-0.15, -0.1) is 0 Å². The molecular formula is C54H103NO5. The summed E-state index contributed by atoms with van der Waals surface area (Å²) in [4.78, 5) is 26.2. The number of rotatable bonds is 48. The van der Waals surface area contributed by atoms with Crippen LogP contribution in [-0.2, 0) is 14.3 Å². The molecule has 0 spiro atoms. The predicted molar refractivity (Wildman–Crippen MR) is 260 cm³/mol. The topological polar surface area (TPSA) is 95.9 Å². The Hall–Kier alpha value is -1.66. The van der Waals surface area contributed by atoms with Gasteiger partial charge in [-0.05, 0) is 51.4 Å². The number of carbonyl (C=O) groups excluding carboxylic acids is 2. The third-order valence-corrected chi connectivity index (χ3v) is 12.3. The minimum absolute atomic E-state index is 0.0801. The zero-order valence-electron chi connectivity index (χ0n) is 40.4. The van der Waals surface area contributed by atoms with E-state index in [1.807, 2.05) is 0 Å². The first-order chi connectivity index (χ1) is 29.5. The fraction of sp³-hybridized carbons (Fsp3) is 0.889. The lowest BCUT2D eigenvalue weighted by Crippen LogP contribution is -2.46. The average molecular weight is 846 g/mol. The van der Waals surface area contributed by atoms with E-state index in [2.05, 4.69) is 50.4 Å². The Kier molecular flexibility index (Phi) is 47.0. The zero-order chi connectivity index (χ0) is 43.8. The molecule has 3 unspecified atom stereocenters. The van der Waals surface area contributed by atoms with Gasteiger partial charge in [-0.1, -0.05) is 244 Å². The first-order valence-corrected chi connectivity index (χ1v) is 26.6. The van der Waals surface area contributed by atoms with Crippen molar-refractivity contribution in [1.82, 2.24) is 5.32 Å². The Morgan fingerprint density at radius 1 is 0.500 bits per heavy atom. The van der Waals surface area contributed by atoms with Gasteiger partial charge in [-0.25, -0.2) is 0 Å². The molecule has 0 aliphatic carbocycles. The molecule has 0 saturated carbocycles. The Balaban J connectivity index is 4.54. The van der Waals surface area contributed by atoms with E-state index >= 15 is 0 Å². The van der Waals surface area contributed by atoms with Crippen molar-refractivity contribution >= 4 is 11.9 Å². The van der Waals surface area contributed by atoms with Crippen LogP contribution >= 0.6 is 0 Å². The molecule has 0 bridgehead atoms. The van der Waals surface area contributed by atoms with Crippen molar-refractivity contribution < 1.29 is 24.5 Å². The number of aliphatic hydroxyl groups excluding tert-OH is 2. The monoisotopic (exact) mass is 846 g/mol. The molecule has 6 nitrogen and oxygen atoms in total. The van der Waals surface area contributed by atoms with E-state index in [1.54, 1.807) is 0 Å². The summed E-state index contributed by atoms with van der Waals surface area (Å²) in [6, 6.07) is -0.698. The summed E-state index contributed by atoms with van der Waals surface area (Å²) in [5.74, 6) is -0.467. The van der Waals surface area contributed by atoms with Crippen molar-refractivity contribution in [2.75, 3.05) is 6.61 Å². The van der Waals surface area contributed by atoms with Gasteiger partial charge in [0.25, 0.3) is 0 Å². The van der Waals surface area contributed by atoms with Gasteiger partial charge < -0.3 is 20.3 Å². The molecule has 354 valence electrons. The zero-order valence-corrected chi connectivity index (χ0v) is 40.4. The molecule has 0 aliphatic heterocycles. The molecule has 0 aliphatic rings. The molecule has 0 aromatic heterocycles. The van der Waals surface area contributed by atoms with Crippen molar-refractivity contribution in [3.8, 4) is 0 Å². The van der Waals surface area contributed by atoms with Gasteiger partial charge in [0.2, 0.25) is 5.91 Å². The molecule has 0 aromatic carbocycles. The number of hydrogen-bond donors (Lipinski definition) is 3. The molecule has 0 heterocycles. The van der Waals surface area contributed by atoms with Crippen LogP contribution in [0.25, 0.3) is 0 Å². The molecule has 3 atom stereocenters. The number of unbranched alkanes of at least 4 members (excludes halogenated alkanes) is 32. The highest BCUT2D eigenvalue weighted by Crippen LogP contribution is 2.19. The Morgan fingerprint density at radius 2 is 0.900 bits per heavy atom.